The van der Waals surface area contributed by atoms with Gasteiger partial charge in [0.25, 0.3) is 0 Å². The number of rotatable bonds is 8. The Kier molecular flexibility index (Phi) is 7.89. The summed E-state index contributed by atoms with van der Waals surface area (Å²) in [6.45, 7) is 2.17. The number of hydrogen-bond acceptors (Lipinski definition) is 6. The number of amides is 1. The normalized spacial score (nSPS) is 15.8. The number of carbonyl (C=O) groups excluding carboxylic acids is 1. The van der Waals surface area contributed by atoms with Crippen LogP contribution in [0.4, 0.5) is 5.69 Å². The summed E-state index contributed by atoms with van der Waals surface area (Å²) in [6, 6.07) is 14.4. The van der Waals surface area contributed by atoms with Crippen LogP contribution in [0.2, 0.25) is 0 Å². The van der Waals surface area contributed by atoms with Crippen molar-refractivity contribution in [3.8, 4) is 11.5 Å². The van der Waals surface area contributed by atoms with Gasteiger partial charge in [-0.25, -0.2) is 12.7 Å². The van der Waals surface area contributed by atoms with Gasteiger partial charge in [-0.1, -0.05) is 30.3 Å². The van der Waals surface area contributed by atoms with E-state index in [9.17, 15) is 13.2 Å². The van der Waals surface area contributed by atoms with Crippen LogP contribution in [0.1, 0.15) is 12.0 Å². The van der Waals surface area contributed by atoms with Crippen molar-refractivity contribution in [3.05, 3.63) is 54.1 Å². The summed E-state index contributed by atoms with van der Waals surface area (Å²) in [4.78, 5) is 14.5. The van der Waals surface area contributed by atoms with Crippen LogP contribution in [0.15, 0.2) is 48.5 Å². The number of nitrogens with one attached hydrogen (secondary N) is 1. The van der Waals surface area contributed by atoms with E-state index in [-0.39, 0.29) is 18.2 Å². The van der Waals surface area contributed by atoms with Crippen LogP contribution in [-0.2, 0) is 20.6 Å². The molecule has 1 N–H and O–H groups in total. The van der Waals surface area contributed by atoms with Crippen molar-refractivity contribution in [1.82, 2.24) is 9.21 Å². The van der Waals surface area contributed by atoms with Gasteiger partial charge in [0.2, 0.25) is 15.9 Å². The number of benzene rings is 2. The Balaban J connectivity index is 1.55. The van der Waals surface area contributed by atoms with Crippen LogP contribution in [0.5, 0.6) is 11.5 Å². The minimum absolute atomic E-state index is 0.00834. The first-order chi connectivity index (χ1) is 14.9. The fourth-order valence-electron chi connectivity index (χ4n) is 3.55. The molecule has 0 aliphatic carbocycles. The number of ether oxygens (including phenoxy) is 2. The van der Waals surface area contributed by atoms with Gasteiger partial charge in [0.05, 0.1) is 32.2 Å². The van der Waals surface area contributed by atoms with Gasteiger partial charge >= 0.3 is 0 Å². The van der Waals surface area contributed by atoms with Crippen LogP contribution in [0.25, 0.3) is 0 Å². The van der Waals surface area contributed by atoms with E-state index >= 15 is 0 Å². The van der Waals surface area contributed by atoms with E-state index in [0.717, 1.165) is 5.56 Å². The highest BCUT2D eigenvalue weighted by Gasteiger charge is 2.26. The summed E-state index contributed by atoms with van der Waals surface area (Å²) in [5.74, 6) is 0.968. The van der Waals surface area contributed by atoms with Crippen LogP contribution in [0.3, 0.4) is 0 Å². The predicted molar refractivity (Wildman–Crippen MR) is 120 cm³/mol. The number of methoxy groups -OCH3 is 2. The van der Waals surface area contributed by atoms with Crippen LogP contribution < -0.4 is 14.8 Å². The Morgan fingerprint density at radius 3 is 2.48 bits per heavy atom. The van der Waals surface area contributed by atoms with Gasteiger partial charge in [0.1, 0.15) is 11.5 Å². The average molecular weight is 448 g/mol. The molecule has 1 fully saturated rings. The lowest BCUT2D eigenvalue weighted by molar-refractivity contribution is -0.117. The lowest BCUT2D eigenvalue weighted by Gasteiger charge is -2.21. The molecule has 0 unspecified atom stereocenters. The maximum Gasteiger partial charge on any atom is 0.238 e. The molecule has 2 aromatic carbocycles. The standard InChI is InChI=1S/C22H29N3O5S/c1-29-19-9-10-20(21(15-19)30-2)23-22(26)16-24-11-6-12-25(14-13-24)31(27,28)17-18-7-4-3-5-8-18/h3-5,7-10,15H,6,11-14,16-17H2,1-2H3,(H,23,26). The fourth-order valence-corrected chi connectivity index (χ4v) is 5.12. The first-order valence-corrected chi connectivity index (χ1v) is 11.8. The maximum absolute atomic E-state index is 12.8. The summed E-state index contributed by atoms with van der Waals surface area (Å²) in [5, 5.41) is 2.86. The average Bonchev–Trinajstić information content (AvgIpc) is 3.00. The van der Waals surface area contributed by atoms with Gasteiger partial charge in [-0.05, 0) is 30.7 Å². The second-order valence-electron chi connectivity index (χ2n) is 7.38. The van der Waals surface area contributed by atoms with E-state index in [4.69, 9.17) is 9.47 Å². The predicted octanol–water partition coefficient (Wildman–Crippen LogP) is 2.18. The van der Waals surface area contributed by atoms with Gasteiger partial charge in [-0.2, -0.15) is 0 Å². The number of carbonyl (C=O) groups is 1. The molecule has 31 heavy (non-hydrogen) atoms. The van der Waals surface area contributed by atoms with Crippen molar-refractivity contribution in [2.75, 3.05) is 52.3 Å². The summed E-state index contributed by atoms with van der Waals surface area (Å²) >= 11 is 0. The number of hydrogen-bond donors (Lipinski definition) is 1. The highest BCUT2D eigenvalue weighted by molar-refractivity contribution is 7.88. The topological polar surface area (TPSA) is 88.2 Å². The van der Waals surface area contributed by atoms with Crippen molar-refractivity contribution in [2.24, 2.45) is 0 Å². The van der Waals surface area contributed by atoms with Gasteiger partial charge in [0.15, 0.2) is 0 Å². The molecule has 9 heteroatoms. The molecule has 1 saturated heterocycles. The van der Waals surface area contributed by atoms with Crippen molar-refractivity contribution >= 4 is 21.6 Å². The zero-order valence-electron chi connectivity index (χ0n) is 17.9. The Bertz CT molecular complexity index is 982. The summed E-state index contributed by atoms with van der Waals surface area (Å²) < 4.78 is 37.6. The zero-order valence-corrected chi connectivity index (χ0v) is 18.7. The lowest BCUT2D eigenvalue weighted by Crippen LogP contribution is -2.38. The van der Waals surface area contributed by atoms with E-state index < -0.39 is 10.0 Å². The molecule has 0 atom stereocenters. The van der Waals surface area contributed by atoms with E-state index in [0.29, 0.717) is 49.8 Å². The Morgan fingerprint density at radius 2 is 1.77 bits per heavy atom. The van der Waals surface area contributed by atoms with Crippen LogP contribution in [0, 0.1) is 0 Å². The van der Waals surface area contributed by atoms with E-state index in [1.165, 1.54) is 11.4 Å². The zero-order chi connectivity index (χ0) is 22.3. The largest absolute Gasteiger partial charge is 0.497 e. The molecular weight excluding hydrogens is 418 g/mol. The molecule has 3 rings (SSSR count). The SMILES string of the molecule is COc1ccc(NC(=O)CN2CCCN(S(=O)(=O)Cc3ccccc3)CC2)c(OC)c1. The summed E-state index contributed by atoms with van der Waals surface area (Å²) in [6.07, 6.45) is 0.674. The molecule has 0 spiro atoms. The van der Waals surface area contributed by atoms with Crippen molar-refractivity contribution < 1.29 is 22.7 Å². The third-order valence-corrected chi connectivity index (χ3v) is 7.03. The lowest BCUT2D eigenvalue weighted by atomic mass is 10.2. The maximum atomic E-state index is 12.8. The van der Waals surface area contributed by atoms with Crippen molar-refractivity contribution in [3.63, 3.8) is 0 Å². The van der Waals surface area contributed by atoms with E-state index in [1.807, 2.05) is 35.2 Å². The first kappa shape index (κ1) is 23.1. The van der Waals surface area contributed by atoms with Crippen LogP contribution in [-0.4, -0.2) is 70.5 Å². The molecule has 0 aromatic heterocycles. The van der Waals surface area contributed by atoms with E-state index in [1.54, 1.807) is 25.3 Å². The van der Waals surface area contributed by atoms with E-state index in [2.05, 4.69) is 5.32 Å². The molecule has 0 radical (unpaired) electrons. The second kappa shape index (κ2) is 10.6. The summed E-state index contributed by atoms with van der Waals surface area (Å²) in [5.41, 5.74) is 1.34. The number of nitrogens with zero attached hydrogens (tertiary/aromatic N) is 2. The quantitative estimate of drug-likeness (QED) is 0.667. The van der Waals surface area contributed by atoms with Gasteiger partial charge in [-0.15, -0.1) is 0 Å². The highest BCUT2D eigenvalue weighted by Crippen LogP contribution is 2.29. The first-order valence-electron chi connectivity index (χ1n) is 10.2. The third-order valence-electron chi connectivity index (χ3n) is 5.18. The minimum atomic E-state index is -3.40. The van der Waals surface area contributed by atoms with Gasteiger partial charge in [0, 0.05) is 25.7 Å². The highest BCUT2D eigenvalue weighted by atomic mass is 32.2. The molecule has 1 heterocycles. The Labute approximate surface area is 183 Å². The van der Waals surface area contributed by atoms with Gasteiger partial charge < -0.3 is 14.8 Å². The summed E-state index contributed by atoms with van der Waals surface area (Å²) in [7, 11) is -0.301. The minimum Gasteiger partial charge on any atom is -0.497 e. The molecular formula is C22H29N3O5S. The molecule has 8 nitrogen and oxygen atoms in total. The molecule has 2 aromatic rings. The smallest absolute Gasteiger partial charge is 0.238 e. The molecule has 168 valence electrons. The molecule has 1 amide bonds. The van der Waals surface area contributed by atoms with Crippen molar-refractivity contribution in [2.45, 2.75) is 12.2 Å². The monoisotopic (exact) mass is 447 g/mol. The number of anilines is 1. The molecule has 0 bridgehead atoms. The number of sulfonamides is 1. The third kappa shape index (κ3) is 6.43. The molecule has 1 aliphatic heterocycles. The fraction of sp³-hybridized carbons (Fsp3) is 0.409. The van der Waals surface area contributed by atoms with Gasteiger partial charge in [-0.3, -0.25) is 9.69 Å². The molecule has 0 saturated carbocycles. The second-order valence-corrected chi connectivity index (χ2v) is 9.35. The molecule has 1 aliphatic rings. The van der Waals surface area contributed by atoms with Crippen LogP contribution >= 0.6 is 0 Å². The Hall–Kier alpha value is -2.62. The Morgan fingerprint density at radius 1 is 1.00 bits per heavy atom. The van der Waals surface area contributed by atoms with Crippen molar-refractivity contribution in [1.29, 1.82) is 0 Å².